The molecule has 0 aliphatic rings. The molecule has 0 bridgehead atoms. The van der Waals surface area contributed by atoms with E-state index >= 15 is 0 Å². The van der Waals surface area contributed by atoms with E-state index in [0.29, 0.717) is 16.9 Å². The van der Waals surface area contributed by atoms with E-state index in [-0.39, 0.29) is 10.0 Å². The second-order valence-corrected chi connectivity index (χ2v) is 5.41. The smallest absolute Gasteiger partial charge is 0.160 e. The Labute approximate surface area is 127 Å². The zero-order valence-electron chi connectivity index (χ0n) is 9.35. The van der Waals surface area contributed by atoms with Crippen molar-refractivity contribution in [1.82, 2.24) is 0 Å². The molecule has 0 aliphatic carbocycles. The standard InChI is InChI=1S/C13H6BrCl2FN2/c14-8-1-2-12(7(3-8)6-18)19-9-4-10(15)13(17)11(16)5-9/h1-5,19H. The molecule has 0 fully saturated rings. The number of nitriles is 1. The molecule has 96 valence electrons. The summed E-state index contributed by atoms with van der Waals surface area (Å²) in [4.78, 5) is 0. The number of hydrogen-bond acceptors (Lipinski definition) is 2. The van der Waals surface area contributed by atoms with Gasteiger partial charge in [-0.25, -0.2) is 4.39 Å². The second kappa shape index (κ2) is 5.79. The average Bonchev–Trinajstić information content (AvgIpc) is 2.38. The summed E-state index contributed by atoms with van der Waals surface area (Å²) in [5.74, 6) is -0.662. The number of hydrogen-bond donors (Lipinski definition) is 1. The Bertz CT molecular complexity index is 660. The molecule has 6 heteroatoms. The van der Waals surface area contributed by atoms with Crippen molar-refractivity contribution < 1.29 is 4.39 Å². The van der Waals surface area contributed by atoms with Crippen LogP contribution in [0.3, 0.4) is 0 Å². The third-order valence-corrected chi connectivity index (χ3v) is 3.41. The van der Waals surface area contributed by atoms with Crippen molar-refractivity contribution in [1.29, 1.82) is 5.26 Å². The molecule has 0 atom stereocenters. The van der Waals surface area contributed by atoms with Gasteiger partial charge in [0.15, 0.2) is 5.82 Å². The minimum absolute atomic E-state index is 0.0781. The van der Waals surface area contributed by atoms with Crippen molar-refractivity contribution in [3.05, 3.63) is 56.2 Å². The molecule has 0 radical (unpaired) electrons. The fraction of sp³-hybridized carbons (Fsp3) is 0. The van der Waals surface area contributed by atoms with E-state index in [1.807, 2.05) is 0 Å². The molecule has 0 saturated carbocycles. The van der Waals surface area contributed by atoms with E-state index in [2.05, 4.69) is 27.3 Å². The van der Waals surface area contributed by atoms with Crippen LogP contribution < -0.4 is 5.32 Å². The highest BCUT2D eigenvalue weighted by Gasteiger charge is 2.09. The maximum absolute atomic E-state index is 13.3. The van der Waals surface area contributed by atoms with Crippen LogP contribution in [0.4, 0.5) is 15.8 Å². The molecular weight excluding hydrogens is 354 g/mol. The molecular formula is C13H6BrCl2FN2. The molecule has 2 rings (SSSR count). The third kappa shape index (κ3) is 3.19. The Hall–Kier alpha value is -1.28. The summed E-state index contributed by atoms with van der Waals surface area (Å²) >= 11 is 14.7. The predicted molar refractivity (Wildman–Crippen MR) is 78.6 cm³/mol. The lowest BCUT2D eigenvalue weighted by Crippen LogP contribution is -1.95. The highest BCUT2D eigenvalue weighted by Crippen LogP contribution is 2.30. The van der Waals surface area contributed by atoms with Crippen molar-refractivity contribution in [2.24, 2.45) is 0 Å². The lowest BCUT2D eigenvalue weighted by Gasteiger charge is -2.10. The first-order valence-corrected chi connectivity index (χ1v) is 6.67. The number of rotatable bonds is 2. The van der Waals surface area contributed by atoms with Crippen molar-refractivity contribution >= 4 is 50.5 Å². The average molecular weight is 360 g/mol. The van der Waals surface area contributed by atoms with Gasteiger partial charge in [0, 0.05) is 10.2 Å². The van der Waals surface area contributed by atoms with Crippen LogP contribution in [-0.2, 0) is 0 Å². The zero-order valence-corrected chi connectivity index (χ0v) is 12.4. The summed E-state index contributed by atoms with van der Waals surface area (Å²) in [5.41, 5.74) is 1.55. The van der Waals surface area contributed by atoms with Gasteiger partial charge in [-0.05, 0) is 30.3 Å². The topological polar surface area (TPSA) is 35.8 Å². The predicted octanol–water partition coefficient (Wildman–Crippen LogP) is 5.51. The van der Waals surface area contributed by atoms with Gasteiger partial charge in [-0.15, -0.1) is 0 Å². The Morgan fingerprint density at radius 1 is 1.16 bits per heavy atom. The molecule has 0 heterocycles. The van der Waals surface area contributed by atoms with E-state index in [1.54, 1.807) is 18.2 Å². The minimum atomic E-state index is -0.662. The van der Waals surface area contributed by atoms with E-state index in [0.717, 1.165) is 4.47 Å². The normalized spacial score (nSPS) is 10.1. The van der Waals surface area contributed by atoms with E-state index in [4.69, 9.17) is 28.5 Å². The van der Waals surface area contributed by atoms with Gasteiger partial charge in [-0.1, -0.05) is 39.1 Å². The maximum atomic E-state index is 13.3. The van der Waals surface area contributed by atoms with Crippen LogP contribution in [0.5, 0.6) is 0 Å². The summed E-state index contributed by atoms with van der Waals surface area (Å²) in [7, 11) is 0. The minimum Gasteiger partial charge on any atom is -0.354 e. The third-order valence-electron chi connectivity index (χ3n) is 2.36. The second-order valence-electron chi connectivity index (χ2n) is 3.68. The van der Waals surface area contributed by atoms with Crippen LogP contribution in [0.25, 0.3) is 0 Å². The van der Waals surface area contributed by atoms with Crippen LogP contribution in [0.1, 0.15) is 5.56 Å². The van der Waals surface area contributed by atoms with Gasteiger partial charge in [-0.3, -0.25) is 0 Å². The van der Waals surface area contributed by atoms with Crippen LogP contribution in [0.15, 0.2) is 34.8 Å². The number of halogens is 4. The van der Waals surface area contributed by atoms with Gasteiger partial charge in [0.1, 0.15) is 6.07 Å². The van der Waals surface area contributed by atoms with Gasteiger partial charge >= 0.3 is 0 Å². The van der Waals surface area contributed by atoms with Crippen LogP contribution in [0, 0.1) is 17.1 Å². The van der Waals surface area contributed by atoms with Crippen LogP contribution in [-0.4, -0.2) is 0 Å². The van der Waals surface area contributed by atoms with E-state index < -0.39 is 5.82 Å². The lowest BCUT2D eigenvalue weighted by molar-refractivity contribution is 0.629. The first-order valence-electron chi connectivity index (χ1n) is 5.12. The number of benzene rings is 2. The molecule has 2 aromatic rings. The molecule has 0 amide bonds. The summed E-state index contributed by atoms with van der Waals surface area (Å²) in [5, 5.41) is 11.9. The van der Waals surface area contributed by atoms with Crippen molar-refractivity contribution in [2.45, 2.75) is 0 Å². The first kappa shape index (κ1) is 14.1. The molecule has 0 unspecified atom stereocenters. The summed E-state index contributed by atoms with van der Waals surface area (Å²) in [6.07, 6.45) is 0. The number of nitrogens with one attached hydrogen (secondary N) is 1. The quantitative estimate of drug-likeness (QED) is 0.717. The molecule has 0 aromatic heterocycles. The Balaban J connectivity index is 2.40. The molecule has 19 heavy (non-hydrogen) atoms. The fourth-order valence-electron chi connectivity index (χ4n) is 1.50. The largest absolute Gasteiger partial charge is 0.354 e. The van der Waals surface area contributed by atoms with Gasteiger partial charge in [0.05, 0.1) is 21.3 Å². The number of anilines is 2. The molecule has 0 spiro atoms. The van der Waals surface area contributed by atoms with E-state index in [1.165, 1.54) is 12.1 Å². The monoisotopic (exact) mass is 358 g/mol. The fourth-order valence-corrected chi connectivity index (χ4v) is 2.35. The highest BCUT2D eigenvalue weighted by atomic mass is 79.9. The SMILES string of the molecule is N#Cc1cc(Br)ccc1Nc1cc(Cl)c(F)c(Cl)c1. The van der Waals surface area contributed by atoms with Gasteiger partial charge in [-0.2, -0.15) is 5.26 Å². The highest BCUT2D eigenvalue weighted by molar-refractivity contribution is 9.10. The number of nitrogens with zero attached hydrogens (tertiary/aromatic N) is 1. The molecule has 2 nitrogen and oxygen atoms in total. The van der Waals surface area contributed by atoms with Crippen molar-refractivity contribution in [3.8, 4) is 6.07 Å². The molecule has 2 aromatic carbocycles. The molecule has 1 N–H and O–H groups in total. The Morgan fingerprint density at radius 2 is 1.79 bits per heavy atom. The summed E-state index contributed by atoms with van der Waals surface area (Å²) < 4.78 is 14.1. The molecule has 0 aliphatic heterocycles. The molecule has 0 saturated heterocycles. The van der Waals surface area contributed by atoms with Crippen molar-refractivity contribution in [2.75, 3.05) is 5.32 Å². The first-order chi connectivity index (χ1) is 9.01. The van der Waals surface area contributed by atoms with Gasteiger partial charge in [0.2, 0.25) is 0 Å². The van der Waals surface area contributed by atoms with Gasteiger partial charge < -0.3 is 5.32 Å². The summed E-state index contributed by atoms with van der Waals surface area (Å²) in [6.45, 7) is 0. The van der Waals surface area contributed by atoms with Crippen LogP contribution >= 0.6 is 39.1 Å². The van der Waals surface area contributed by atoms with Crippen molar-refractivity contribution in [3.63, 3.8) is 0 Å². The maximum Gasteiger partial charge on any atom is 0.160 e. The Kier molecular flexibility index (Phi) is 4.31. The lowest BCUT2D eigenvalue weighted by atomic mass is 10.2. The van der Waals surface area contributed by atoms with E-state index in [9.17, 15) is 4.39 Å². The zero-order chi connectivity index (χ0) is 14.0. The van der Waals surface area contributed by atoms with Crippen LogP contribution in [0.2, 0.25) is 10.0 Å². The summed E-state index contributed by atoms with van der Waals surface area (Å²) in [6, 6.07) is 10.1. The Morgan fingerprint density at radius 3 is 2.37 bits per heavy atom. The van der Waals surface area contributed by atoms with Gasteiger partial charge in [0.25, 0.3) is 0 Å².